The van der Waals surface area contributed by atoms with Gasteiger partial charge in [0.05, 0.1) is 11.3 Å². The fraction of sp³-hybridized carbons (Fsp3) is 0.278. The van der Waals surface area contributed by atoms with Crippen molar-refractivity contribution in [2.45, 2.75) is 31.8 Å². The van der Waals surface area contributed by atoms with Crippen molar-refractivity contribution >= 4 is 28.0 Å². The second kappa shape index (κ2) is 6.22. The first-order valence-corrected chi connectivity index (χ1v) is 8.85. The summed E-state index contributed by atoms with van der Waals surface area (Å²) in [5.74, 6) is -0.224. The van der Waals surface area contributed by atoms with Gasteiger partial charge in [0.1, 0.15) is 16.8 Å². The number of oxime groups is 1. The number of phenols is 1. The van der Waals surface area contributed by atoms with Crippen LogP contribution in [0.15, 0.2) is 29.4 Å². The van der Waals surface area contributed by atoms with Crippen molar-refractivity contribution in [1.82, 2.24) is 0 Å². The van der Waals surface area contributed by atoms with Gasteiger partial charge in [-0.15, -0.1) is 11.3 Å². The lowest BCUT2D eigenvalue weighted by molar-refractivity contribution is -0.125. The monoisotopic (exact) mass is 353 g/mol. The van der Waals surface area contributed by atoms with Crippen LogP contribution in [0.3, 0.4) is 0 Å². The molecule has 4 rings (SSSR count). The molecule has 0 fully saturated rings. The molecule has 25 heavy (non-hydrogen) atoms. The molecule has 0 bridgehead atoms. The van der Waals surface area contributed by atoms with E-state index in [1.807, 2.05) is 0 Å². The Hall–Kier alpha value is -2.85. The van der Waals surface area contributed by atoms with Crippen LogP contribution in [0.5, 0.6) is 5.75 Å². The lowest BCUT2D eigenvalue weighted by Gasteiger charge is -2.09. The summed E-state index contributed by atoms with van der Waals surface area (Å²) in [6, 6.07) is 9.02. The Kier molecular flexibility index (Phi) is 3.90. The molecule has 126 valence electrons. The zero-order valence-corrected chi connectivity index (χ0v) is 14.1. The van der Waals surface area contributed by atoms with Gasteiger partial charge in [0.2, 0.25) is 6.10 Å². The maximum absolute atomic E-state index is 12.5. The van der Waals surface area contributed by atoms with Crippen LogP contribution in [-0.2, 0) is 22.5 Å². The van der Waals surface area contributed by atoms with E-state index in [4.69, 9.17) is 4.84 Å². The number of fused-ring (bicyclic) bond motifs is 1. The number of nitriles is 1. The standard InChI is InChI=1S/C18H15N3O3S/c19-9-12-10-5-3-7-16(10)25-18(12)20-17(23)15-8-13(21-24-15)11-4-1-2-6-14(11)22/h1-2,4,6,15,22H,3,5,7-8H2,(H,20,23). The van der Waals surface area contributed by atoms with Crippen LogP contribution in [0.1, 0.15) is 34.4 Å². The number of amides is 1. The molecule has 1 aromatic carbocycles. The normalized spacial score (nSPS) is 18.2. The first-order chi connectivity index (χ1) is 12.2. The minimum atomic E-state index is -0.766. The highest BCUT2D eigenvalue weighted by Gasteiger charge is 2.31. The number of anilines is 1. The van der Waals surface area contributed by atoms with Crippen LogP contribution in [-0.4, -0.2) is 22.8 Å². The fourth-order valence-electron chi connectivity index (χ4n) is 3.20. The van der Waals surface area contributed by atoms with E-state index in [0.717, 1.165) is 24.8 Å². The molecular weight excluding hydrogens is 338 g/mol. The third-order valence-corrected chi connectivity index (χ3v) is 5.65. The van der Waals surface area contributed by atoms with Crippen LogP contribution in [0.2, 0.25) is 0 Å². The Bertz CT molecular complexity index is 926. The second-order valence-electron chi connectivity index (χ2n) is 6.02. The number of carbonyl (C=O) groups excluding carboxylic acids is 1. The second-order valence-corrected chi connectivity index (χ2v) is 7.12. The topological polar surface area (TPSA) is 94.7 Å². The summed E-state index contributed by atoms with van der Waals surface area (Å²) in [6.07, 6.45) is 2.43. The smallest absolute Gasteiger partial charge is 0.269 e. The number of nitrogens with one attached hydrogen (secondary N) is 1. The van der Waals surface area contributed by atoms with E-state index >= 15 is 0 Å². The summed E-state index contributed by atoms with van der Waals surface area (Å²) in [5, 5.41) is 26.6. The fourth-order valence-corrected chi connectivity index (χ4v) is 4.44. The van der Waals surface area contributed by atoms with Crippen molar-refractivity contribution < 1.29 is 14.7 Å². The van der Waals surface area contributed by atoms with Crippen molar-refractivity contribution in [3.8, 4) is 11.8 Å². The number of aromatic hydroxyl groups is 1. The molecule has 0 saturated heterocycles. The zero-order valence-electron chi connectivity index (χ0n) is 13.3. The molecular formula is C18H15N3O3S. The Morgan fingerprint density at radius 1 is 1.40 bits per heavy atom. The van der Waals surface area contributed by atoms with Gasteiger partial charge < -0.3 is 15.3 Å². The highest BCUT2D eigenvalue weighted by Crippen LogP contribution is 2.38. The third kappa shape index (κ3) is 2.75. The van der Waals surface area contributed by atoms with Gasteiger partial charge in [-0.25, -0.2) is 0 Å². The van der Waals surface area contributed by atoms with E-state index in [1.165, 1.54) is 16.2 Å². The molecule has 2 aromatic rings. The van der Waals surface area contributed by atoms with E-state index in [2.05, 4.69) is 16.5 Å². The molecule has 2 N–H and O–H groups in total. The molecule has 1 atom stereocenters. The quantitative estimate of drug-likeness (QED) is 0.887. The van der Waals surface area contributed by atoms with Crippen LogP contribution in [0.4, 0.5) is 5.00 Å². The Morgan fingerprint density at radius 3 is 3.04 bits per heavy atom. The Balaban J connectivity index is 1.48. The summed E-state index contributed by atoms with van der Waals surface area (Å²) >= 11 is 1.47. The first kappa shape index (κ1) is 15.7. The van der Waals surface area contributed by atoms with Crippen LogP contribution in [0, 0.1) is 11.3 Å². The van der Waals surface area contributed by atoms with Crippen molar-refractivity contribution in [3.05, 3.63) is 45.8 Å². The molecule has 0 spiro atoms. The molecule has 1 aliphatic carbocycles. The maximum atomic E-state index is 12.5. The van der Waals surface area contributed by atoms with Crippen molar-refractivity contribution in [3.63, 3.8) is 0 Å². The molecule has 0 saturated carbocycles. The molecule has 1 aliphatic heterocycles. The Morgan fingerprint density at radius 2 is 2.24 bits per heavy atom. The highest BCUT2D eigenvalue weighted by molar-refractivity contribution is 7.16. The Labute approximate surface area is 148 Å². The average Bonchev–Trinajstić information content (AvgIpc) is 3.30. The van der Waals surface area contributed by atoms with Crippen LogP contribution >= 0.6 is 11.3 Å². The van der Waals surface area contributed by atoms with Crippen LogP contribution < -0.4 is 5.32 Å². The number of benzene rings is 1. The minimum absolute atomic E-state index is 0.104. The van der Waals surface area contributed by atoms with E-state index in [9.17, 15) is 15.2 Å². The van der Waals surface area contributed by atoms with Gasteiger partial charge in [0.25, 0.3) is 5.91 Å². The van der Waals surface area contributed by atoms with Gasteiger partial charge >= 0.3 is 0 Å². The summed E-state index contributed by atoms with van der Waals surface area (Å²) in [4.78, 5) is 18.9. The van der Waals surface area contributed by atoms with E-state index in [-0.39, 0.29) is 18.1 Å². The van der Waals surface area contributed by atoms with Crippen LogP contribution in [0.25, 0.3) is 0 Å². The number of carbonyl (C=O) groups is 1. The number of hydrogen-bond acceptors (Lipinski definition) is 6. The number of phenolic OH excluding ortho intramolecular Hbond substituents is 1. The lowest BCUT2D eigenvalue weighted by Crippen LogP contribution is -2.28. The third-order valence-electron chi connectivity index (χ3n) is 4.45. The van der Waals surface area contributed by atoms with E-state index < -0.39 is 6.10 Å². The number of hydrogen-bond donors (Lipinski definition) is 2. The molecule has 1 aromatic heterocycles. The van der Waals surface area contributed by atoms with E-state index in [0.29, 0.717) is 21.8 Å². The zero-order chi connectivity index (χ0) is 17.4. The largest absolute Gasteiger partial charge is 0.507 e. The van der Waals surface area contributed by atoms with Gasteiger partial charge in [0.15, 0.2) is 0 Å². The van der Waals surface area contributed by atoms with Gasteiger partial charge in [-0.05, 0) is 37.0 Å². The highest BCUT2D eigenvalue weighted by atomic mass is 32.1. The maximum Gasteiger partial charge on any atom is 0.269 e. The van der Waals surface area contributed by atoms with Gasteiger partial charge in [-0.1, -0.05) is 17.3 Å². The molecule has 0 radical (unpaired) electrons. The van der Waals surface area contributed by atoms with Gasteiger partial charge in [-0.3, -0.25) is 4.79 Å². The first-order valence-electron chi connectivity index (χ1n) is 8.04. The predicted molar refractivity (Wildman–Crippen MR) is 93.8 cm³/mol. The molecule has 2 aliphatic rings. The molecule has 1 unspecified atom stereocenters. The predicted octanol–water partition coefficient (Wildman–Crippen LogP) is 2.95. The summed E-state index contributed by atoms with van der Waals surface area (Å²) in [7, 11) is 0. The molecule has 2 heterocycles. The molecule has 1 amide bonds. The minimum Gasteiger partial charge on any atom is -0.507 e. The number of aryl methyl sites for hydroxylation is 1. The van der Waals surface area contributed by atoms with Gasteiger partial charge in [-0.2, -0.15) is 5.26 Å². The number of rotatable bonds is 3. The summed E-state index contributed by atoms with van der Waals surface area (Å²) in [6.45, 7) is 0. The SMILES string of the molecule is N#Cc1c(NC(=O)C2CC(c3ccccc3O)=NO2)sc2c1CCC2. The molecule has 7 heteroatoms. The average molecular weight is 353 g/mol. The van der Waals surface area contributed by atoms with Crippen molar-refractivity contribution in [1.29, 1.82) is 5.26 Å². The number of para-hydroxylation sites is 1. The van der Waals surface area contributed by atoms with Crippen molar-refractivity contribution in [2.24, 2.45) is 5.16 Å². The molecule has 6 nitrogen and oxygen atoms in total. The lowest BCUT2D eigenvalue weighted by atomic mass is 10.0. The van der Waals surface area contributed by atoms with Gasteiger partial charge in [0, 0.05) is 16.9 Å². The van der Waals surface area contributed by atoms with E-state index in [1.54, 1.807) is 24.3 Å². The summed E-state index contributed by atoms with van der Waals surface area (Å²) < 4.78 is 0. The number of nitrogens with zero attached hydrogens (tertiary/aromatic N) is 2. The number of thiophene rings is 1. The van der Waals surface area contributed by atoms with Crippen molar-refractivity contribution in [2.75, 3.05) is 5.32 Å². The summed E-state index contributed by atoms with van der Waals surface area (Å²) in [5.41, 5.74) is 2.74.